The molecule has 1 atom stereocenters. The van der Waals surface area contributed by atoms with E-state index in [1.807, 2.05) is 69.3 Å². The second-order valence-electron chi connectivity index (χ2n) is 8.46. The molecule has 0 amide bonds. The fraction of sp³-hybridized carbons (Fsp3) is 0.280. The molecule has 0 saturated carbocycles. The molecule has 4 nitrogen and oxygen atoms in total. The van der Waals surface area contributed by atoms with E-state index in [9.17, 15) is 4.79 Å². The van der Waals surface area contributed by atoms with Gasteiger partial charge in [0.05, 0.1) is 0 Å². The number of aliphatic imine (C=N–C) groups is 1. The lowest BCUT2D eigenvalue weighted by Crippen LogP contribution is -2.45. The molecule has 0 aliphatic carbocycles. The zero-order chi connectivity index (χ0) is 20.5. The van der Waals surface area contributed by atoms with Crippen LogP contribution in [0.2, 0.25) is 0 Å². The molecule has 0 fully saturated rings. The first-order valence-electron chi connectivity index (χ1n) is 9.84. The smallest absolute Gasteiger partial charge is 0.338 e. The Morgan fingerprint density at radius 3 is 2.41 bits per heavy atom. The average Bonchev–Trinajstić information content (AvgIpc) is 3.13. The summed E-state index contributed by atoms with van der Waals surface area (Å²) in [4.78, 5) is 18.0. The first-order chi connectivity index (χ1) is 13.8. The van der Waals surface area contributed by atoms with E-state index in [0.29, 0.717) is 12.3 Å². The van der Waals surface area contributed by atoms with Crippen molar-refractivity contribution in [3.63, 3.8) is 0 Å². The Balaban J connectivity index is 1.72. The van der Waals surface area contributed by atoms with Crippen LogP contribution >= 0.6 is 0 Å². The van der Waals surface area contributed by atoms with Crippen molar-refractivity contribution in [3.8, 4) is 0 Å². The highest BCUT2D eigenvalue weighted by Crippen LogP contribution is 2.30. The highest BCUT2D eigenvalue weighted by atomic mass is 16.6. The number of esters is 1. The van der Waals surface area contributed by atoms with Crippen LogP contribution in [0.15, 0.2) is 77.8 Å². The maximum atomic E-state index is 13.2. The molecule has 3 aromatic rings. The van der Waals surface area contributed by atoms with Gasteiger partial charge >= 0.3 is 5.97 Å². The molecule has 1 heterocycles. The van der Waals surface area contributed by atoms with Crippen LogP contribution in [0.25, 0.3) is 10.8 Å². The van der Waals surface area contributed by atoms with Gasteiger partial charge in [0.15, 0.2) is 5.54 Å². The summed E-state index contributed by atoms with van der Waals surface area (Å²) < 4.78 is 11.6. The first-order valence-corrected chi connectivity index (χ1v) is 9.84. The zero-order valence-electron chi connectivity index (χ0n) is 17.0. The van der Waals surface area contributed by atoms with E-state index >= 15 is 0 Å². The Morgan fingerprint density at radius 2 is 1.69 bits per heavy atom. The molecular formula is C25H25NO3. The van der Waals surface area contributed by atoms with Crippen LogP contribution in [0.4, 0.5) is 0 Å². The Hall–Kier alpha value is -3.14. The van der Waals surface area contributed by atoms with Gasteiger partial charge in [0.2, 0.25) is 5.90 Å². The minimum Gasteiger partial charge on any atom is -0.474 e. The van der Waals surface area contributed by atoms with Gasteiger partial charge in [-0.3, -0.25) is 0 Å². The quantitative estimate of drug-likeness (QED) is 0.596. The molecule has 1 aliphatic heterocycles. The molecule has 0 spiro atoms. The first kappa shape index (κ1) is 19.2. The fourth-order valence-corrected chi connectivity index (χ4v) is 3.50. The molecule has 148 valence electrons. The summed E-state index contributed by atoms with van der Waals surface area (Å²) in [6, 6.07) is 24.1. The molecule has 3 aromatic carbocycles. The van der Waals surface area contributed by atoms with E-state index in [1.54, 1.807) is 0 Å². The van der Waals surface area contributed by atoms with Gasteiger partial charge in [-0.2, -0.15) is 0 Å². The van der Waals surface area contributed by atoms with E-state index < -0.39 is 11.1 Å². The van der Waals surface area contributed by atoms with E-state index in [2.05, 4.69) is 24.3 Å². The second-order valence-corrected chi connectivity index (χ2v) is 8.46. The van der Waals surface area contributed by atoms with Crippen LogP contribution in [-0.4, -0.2) is 29.6 Å². The third-order valence-corrected chi connectivity index (χ3v) is 4.87. The summed E-state index contributed by atoms with van der Waals surface area (Å²) in [6.07, 6.45) is 0.420. The fourth-order valence-electron chi connectivity index (χ4n) is 3.50. The normalized spacial score (nSPS) is 18.9. The highest BCUT2D eigenvalue weighted by Gasteiger charge is 2.47. The molecule has 29 heavy (non-hydrogen) atoms. The summed E-state index contributed by atoms with van der Waals surface area (Å²) >= 11 is 0. The van der Waals surface area contributed by atoms with Crippen molar-refractivity contribution in [1.29, 1.82) is 0 Å². The number of rotatable bonds is 4. The van der Waals surface area contributed by atoms with Gasteiger partial charge in [0, 0.05) is 12.0 Å². The Labute approximate surface area is 171 Å². The number of ether oxygens (including phenoxy) is 2. The second kappa shape index (κ2) is 7.36. The molecule has 0 bridgehead atoms. The lowest BCUT2D eigenvalue weighted by Gasteiger charge is -2.28. The van der Waals surface area contributed by atoms with Crippen LogP contribution in [0.5, 0.6) is 0 Å². The number of benzene rings is 3. The predicted octanol–water partition coefficient (Wildman–Crippen LogP) is 4.94. The molecular weight excluding hydrogens is 362 g/mol. The van der Waals surface area contributed by atoms with E-state index in [1.165, 1.54) is 5.39 Å². The number of carbonyl (C=O) groups is 1. The van der Waals surface area contributed by atoms with Crippen molar-refractivity contribution in [2.75, 3.05) is 6.61 Å². The van der Waals surface area contributed by atoms with E-state index in [-0.39, 0.29) is 12.6 Å². The van der Waals surface area contributed by atoms with Gasteiger partial charge in [0.1, 0.15) is 12.2 Å². The van der Waals surface area contributed by atoms with Gasteiger partial charge in [0.25, 0.3) is 0 Å². The van der Waals surface area contributed by atoms with Gasteiger partial charge in [-0.25, -0.2) is 9.79 Å². The minimum absolute atomic E-state index is 0.166. The maximum absolute atomic E-state index is 13.2. The molecule has 0 unspecified atom stereocenters. The largest absolute Gasteiger partial charge is 0.474 e. The van der Waals surface area contributed by atoms with Gasteiger partial charge in [-0.1, -0.05) is 60.7 Å². The molecule has 0 N–H and O–H groups in total. The van der Waals surface area contributed by atoms with Crippen molar-refractivity contribution < 1.29 is 14.3 Å². The zero-order valence-corrected chi connectivity index (χ0v) is 17.0. The van der Waals surface area contributed by atoms with Crippen LogP contribution < -0.4 is 0 Å². The molecule has 0 radical (unpaired) electrons. The third kappa shape index (κ3) is 4.16. The van der Waals surface area contributed by atoms with E-state index in [0.717, 1.165) is 16.5 Å². The summed E-state index contributed by atoms with van der Waals surface area (Å²) in [7, 11) is 0. The van der Waals surface area contributed by atoms with Crippen molar-refractivity contribution in [2.24, 2.45) is 4.99 Å². The summed E-state index contributed by atoms with van der Waals surface area (Å²) in [5.41, 5.74) is 0.187. The topological polar surface area (TPSA) is 47.9 Å². The highest BCUT2D eigenvalue weighted by molar-refractivity contribution is 5.99. The standard InChI is InChI=1S/C25H25NO3/c1-24(2,3)29-23(27)25(17-28-22(26-25)20-10-5-4-6-11-20)16-18-13-14-19-9-7-8-12-21(19)15-18/h4-15H,16-17H2,1-3H3/t25-/m0/s1. The van der Waals surface area contributed by atoms with Gasteiger partial charge in [-0.15, -0.1) is 0 Å². The summed E-state index contributed by atoms with van der Waals surface area (Å²) in [6.45, 7) is 5.77. The lowest BCUT2D eigenvalue weighted by atomic mass is 9.91. The average molecular weight is 387 g/mol. The van der Waals surface area contributed by atoms with Crippen LogP contribution in [-0.2, 0) is 20.7 Å². The number of hydrogen-bond acceptors (Lipinski definition) is 4. The number of carbonyl (C=O) groups excluding carboxylic acids is 1. The van der Waals surface area contributed by atoms with Crippen LogP contribution in [0.3, 0.4) is 0 Å². The maximum Gasteiger partial charge on any atom is 0.338 e. The van der Waals surface area contributed by atoms with E-state index in [4.69, 9.17) is 14.5 Å². The Bertz CT molecular complexity index is 1070. The van der Waals surface area contributed by atoms with Gasteiger partial charge in [-0.05, 0) is 49.2 Å². The van der Waals surface area contributed by atoms with Crippen molar-refractivity contribution in [3.05, 3.63) is 83.9 Å². The Kier molecular flexibility index (Phi) is 4.87. The van der Waals surface area contributed by atoms with Crippen molar-refractivity contribution >= 4 is 22.6 Å². The molecule has 0 saturated heterocycles. The SMILES string of the molecule is CC(C)(C)OC(=O)[C@]1(Cc2ccc3ccccc3c2)COC(c2ccccc2)=N1. The Morgan fingerprint density at radius 1 is 1.00 bits per heavy atom. The molecule has 1 aliphatic rings. The number of fused-ring (bicyclic) bond motifs is 1. The summed E-state index contributed by atoms with van der Waals surface area (Å²) in [5.74, 6) is 0.126. The molecule has 4 rings (SSSR count). The van der Waals surface area contributed by atoms with Crippen molar-refractivity contribution in [1.82, 2.24) is 0 Å². The molecule has 4 heteroatoms. The van der Waals surface area contributed by atoms with Crippen molar-refractivity contribution in [2.45, 2.75) is 38.3 Å². The van der Waals surface area contributed by atoms with Crippen LogP contribution in [0.1, 0.15) is 31.9 Å². The predicted molar refractivity (Wildman–Crippen MR) is 115 cm³/mol. The molecule has 0 aromatic heterocycles. The number of nitrogens with zero attached hydrogens (tertiary/aromatic N) is 1. The lowest BCUT2D eigenvalue weighted by molar-refractivity contribution is -0.162. The van der Waals surface area contributed by atoms with Crippen LogP contribution in [0, 0.1) is 0 Å². The number of hydrogen-bond donors (Lipinski definition) is 0. The minimum atomic E-state index is -1.10. The summed E-state index contributed by atoms with van der Waals surface area (Å²) in [5, 5.41) is 2.30. The monoisotopic (exact) mass is 387 g/mol. The third-order valence-electron chi connectivity index (χ3n) is 4.87. The van der Waals surface area contributed by atoms with Gasteiger partial charge < -0.3 is 9.47 Å².